The Bertz CT molecular complexity index is 649. The molecule has 0 spiro atoms. The van der Waals surface area contributed by atoms with Crippen molar-refractivity contribution >= 4 is 29.3 Å². The molecule has 2 fully saturated rings. The van der Waals surface area contributed by atoms with Crippen LogP contribution in [0.15, 0.2) is 29.2 Å². The van der Waals surface area contributed by atoms with Gasteiger partial charge in [-0.25, -0.2) is 0 Å². The van der Waals surface area contributed by atoms with Crippen LogP contribution in [0.3, 0.4) is 0 Å². The van der Waals surface area contributed by atoms with Gasteiger partial charge in [-0.3, -0.25) is 9.59 Å². The Labute approximate surface area is 146 Å². The zero-order valence-electron chi connectivity index (χ0n) is 13.6. The number of para-hydroxylation sites is 1. The Morgan fingerprint density at radius 1 is 1.25 bits per heavy atom. The number of amides is 2. The van der Waals surface area contributed by atoms with Crippen LogP contribution in [-0.4, -0.2) is 54.3 Å². The van der Waals surface area contributed by atoms with E-state index in [4.69, 9.17) is 4.74 Å². The van der Waals surface area contributed by atoms with Gasteiger partial charge in [0.05, 0.1) is 30.2 Å². The lowest BCUT2D eigenvalue weighted by atomic mass is 9.90. The van der Waals surface area contributed by atoms with Gasteiger partial charge < -0.3 is 14.5 Å². The molecule has 3 aliphatic rings. The maximum absolute atomic E-state index is 12.9. The number of fused-ring (bicyclic) bond motifs is 2. The SMILES string of the molecule is O=C1CSc2ccccc2N1CC(=O)N1CCOC2CCCCC21. The Hall–Kier alpha value is -1.53. The van der Waals surface area contributed by atoms with Crippen molar-refractivity contribution < 1.29 is 14.3 Å². The van der Waals surface area contributed by atoms with Crippen molar-refractivity contribution in [1.29, 1.82) is 0 Å². The number of nitrogens with zero attached hydrogens (tertiary/aromatic N) is 2. The molecule has 1 aromatic carbocycles. The van der Waals surface area contributed by atoms with Crippen LogP contribution in [-0.2, 0) is 14.3 Å². The molecule has 2 unspecified atom stereocenters. The lowest BCUT2D eigenvalue weighted by molar-refractivity contribution is -0.148. The molecule has 5 nitrogen and oxygen atoms in total. The van der Waals surface area contributed by atoms with Crippen LogP contribution in [0.4, 0.5) is 5.69 Å². The molecule has 0 radical (unpaired) electrons. The van der Waals surface area contributed by atoms with E-state index >= 15 is 0 Å². The summed E-state index contributed by atoms with van der Waals surface area (Å²) in [6.07, 6.45) is 4.55. The van der Waals surface area contributed by atoms with E-state index < -0.39 is 0 Å². The van der Waals surface area contributed by atoms with Crippen LogP contribution < -0.4 is 4.90 Å². The molecular formula is C18H22N2O3S. The van der Waals surface area contributed by atoms with Crippen molar-refractivity contribution in [2.45, 2.75) is 42.7 Å². The van der Waals surface area contributed by atoms with E-state index in [9.17, 15) is 9.59 Å². The van der Waals surface area contributed by atoms with Crippen molar-refractivity contribution in [2.75, 3.05) is 30.3 Å². The van der Waals surface area contributed by atoms with Gasteiger partial charge in [0.25, 0.3) is 0 Å². The third-order valence-electron chi connectivity index (χ3n) is 5.15. The van der Waals surface area contributed by atoms with Crippen LogP contribution in [0, 0.1) is 0 Å². The lowest BCUT2D eigenvalue weighted by Crippen LogP contribution is -2.57. The van der Waals surface area contributed by atoms with Crippen LogP contribution in [0.25, 0.3) is 0 Å². The molecule has 1 saturated heterocycles. The van der Waals surface area contributed by atoms with Gasteiger partial charge >= 0.3 is 0 Å². The van der Waals surface area contributed by atoms with Gasteiger partial charge in [0.1, 0.15) is 6.54 Å². The average molecular weight is 346 g/mol. The number of thioether (sulfide) groups is 1. The highest BCUT2D eigenvalue weighted by atomic mass is 32.2. The molecule has 128 valence electrons. The maximum Gasteiger partial charge on any atom is 0.243 e. The molecule has 1 aliphatic carbocycles. The predicted octanol–water partition coefficient (Wildman–Crippen LogP) is 2.30. The number of ether oxygens (including phenoxy) is 1. The van der Waals surface area contributed by atoms with Crippen molar-refractivity contribution in [3.05, 3.63) is 24.3 Å². The van der Waals surface area contributed by atoms with E-state index in [1.807, 2.05) is 29.2 Å². The summed E-state index contributed by atoms with van der Waals surface area (Å²) in [6.45, 7) is 1.38. The quantitative estimate of drug-likeness (QED) is 0.824. The zero-order chi connectivity index (χ0) is 16.5. The first-order chi connectivity index (χ1) is 11.7. The minimum Gasteiger partial charge on any atom is -0.374 e. The first-order valence-electron chi connectivity index (χ1n) is 8.67. The minimum atomic E-state index is 0.0144. The van der Waals surface area contributed by atoms with E-state index in [1.165, 1.54) is 6.42 Å². The minimum absolute atomic E-state index is 0.0144. The van der Waals surface area contributed by atoms with Gasteiger partial charge in [-0.1, -0.05) is 25.0 Å². The average Bonchev–Trinajstić information content (AvgIpc) is 2.63. The molecule has 1 aromatic rings. The molecule has 4 rings (SSSR count). The number of rotatable bonds is 2. The highest BCUT2D eigenvalue weighted by Gasteiger charge is 2.38. The van der Waals surface area contributed by atoms with Crippen LogP contribution in [0.2, 0.25) is 0 Å². The molecule has 6 heteroatoms. The lowest BCUT2D eigenvalue weighted by Gasteiger charge is -2.44. The zero-order valence-corrected chi connectivity index (χ0v) is 14.5. The second-order valence-corrected chi connectivity index (χ2v) is 7.60. The van der Waals surface area contributed by atoms with Gasteiger partial charge in [0, 0.05) is 11.4 Å². The molecule has 24 heavy (non-hydrogen) atoms. The van der Waals surface area contributed by atoms with Crippen LogP contribution >= 0.6 is 11.8 Å². The number of carbonyl (C=O) groups excluding carboxylic acids is 2. The fourth-order valence-electron chi connectivity index (χ4n) is 3.96. The number of carbonyl (C=O) groups is 2. The van der Waals surface area contributed by atoms with Crippen molar-refractivity contribution in [1.82, 2.24) is 4.90 Å². The van der Waals surface area contributed by atoms with Crippen molar-refractivity contribution in [3.63, 3.8) is 0 Å². The number of morpholine rings is 1. The molecule has 2 aliphatic heterocycles. The summed E-state index contributed by atoms with van der Waals surface area (Å²) in [7, 11) is 0. The first-order valence-corrected chi connectivity index (χ1v) is 9.66. The summed E-state index contributed by atoms with van der Waals surface area (Å²) >= 11 is 1.55. The summed E-state index contributed by atoms with van der Waals surface area (Å²) in [5.74, 6) is 0.463. The second-order valence-electron chi connectivity index (χ2n) is 6.58. The van der Waals surface area contributed by atoms with Gasteiger partial charge in [-0.15, -0.1) is 11.8 Å². The molecule has 2 atom stereocenters. The number of hydrogen-bond donors (Lipinski definition) is 0. The van der Waals surface area contributed by atoms with Crippen LogP contribution in [0.1, 0.15) is 25.7 Å². The number of hydrogen-bond acceptors (Lipinski definition) is 4. The summed E-state index contributed by atoms with van der Waals surface area (Å²) in [6, 6.07) is 8.01. The van der Waals surface area contributed by atoms with E-state index in [0.29, 0.717) is 18.9 Å². The molecule has 0 N–H and O–H groups in total. The van der Waals surface area contributed by atoms with Crippen molar-refractivity contribution in [3.8, 4) is 0 Å². The summed E-state index contributed by atoms with van der Waals surface area (Å²) in [5.41, 5.74) is 0.862. The second kappa shape index (κ2) is 6.76. The molecule has 0 aromatic heterocycles. The maximum atomic E-state index is 12.9. The molecule has 0 bridgehead atoms. The van der Waals surface area contributed by atoms with E-state index in [2.05, 4.69) is 0 Å². The highest BCUT2D eigenvalue weighted by Crippen LogP contribution is 2.35. The smallest absolute Gasteiger partial charge is 0.243 e. The van der Waals surface area contributed by atoms with E-state index in [-0.39, 0.29) is 30.5 Å². The normalized spacial score (nSPS) is 26.8. The Morgan fingerprint density at radius 3 is 3.00 bits per heavy atom. The van der Waals surface area contributed by atoms with Gasteiger partial charge in [0.15, 0.2) is 0 Å². The monoisotopic (exact) mass is 346 g/mol. The number of anilines is 1. The Morgan fingerprint density at radius 2 is 2.08 bits per heavy atom. The first kappa shape index (κ1) is 16.0. The molecule has 2 amide bonds. The molecular weight excluding hydrogens is 324 g/mol. The summed E-state index contributed by atoms with van der Waals surface area (Å²) < 4.78 is 5.85. The van der Waals surface area contributed by atoms with Gasteiger partial charge in [-0.2, -0.15) is 0 Å². The summed E-state index contributed by atoms with van der Waals surface area (Å²) in [4.78, 5) is 30.0. The highest BCUT2D eigenvalue weighted by molar-refractivity contribution is 8.00. The topological polar surface area (TPSA) is 49.9 Å². The Kier molecular flexibility index (Phi) is 4.50. The standard InChI is InChI=1S/C18H22N2O3S/c21-17(19-9-10-23-15-7-3-1-5-13(15)19)11-20-14-6-2-4-8-16(14)24-12-18(20)22/h2,4,6,8,13,15H,1,3,5,7,9-12H2. The molecule has 1 saturated carbocycles. The summed E-state index contributed by atoms with van der Waals surface area (Å²) in [5, 5.41) is 0. The fraction of sp³-hybridized carbons (Fsp3) is 0.556. The predicted molar refractivity (Wildman–Crippen MR) is 93.2 cm³/mol. The Balaban J connectivity index is 1.52. The number of benzene rings is 1. The largest absolute Gasteiger partial charge is 0.374 e. The van der Waals surface area contributed by atoms with Gasteiger partial charge in [-0.05, 0) is 25.0 Å². The van der Waals surface area contributed by atoms with Crippen LogP contribution in [0.5, 0.6) is 0 Å². The van der Waals surface area contributed by atoms with E-state index in [0.717, 1.165) is 29.8 Å². The fourth-order valence-corrected chi connectivity index (χ4v) is 4.90. The van der Waals surface area contributed by atoms with Crippen molar-refractivity contribution in [2.24, 2.45) is 0 Å². The third-order valence-corrected chi connectivity index (χ3v) is 6.20. The third kappa shape index (κ3) is 2.93. The molecule has 2 heterocycles. The van der Waals surface area contributed by atoms with E-state index in [1.54, 1.807) is 16.7 Å². The van der Waals surface area contributed by atoms with Gasteiger partial charge in [0.2, 0.25) is 11.8 Å².